The van der Waals surface area contributed by atoms with Gasteiger partial charge in [-0.25, -0.2) is 0 Å². The van der Waals surface area contributed by atoms with Gasteiger partial charge in [0.2, 0.25) is 0 Å². The molecule has 1 unspecified atom stereocenters. The van der Waals surface area contributed by atoms with E-state index in [1.54, 1.807) is 12.3 Å². The van der Waals surface area contributed by atoms with Crippen molar-refractivity contribution >= 4 is 6.08 Å². The van der Waals surface area contributed by atoms with Crippen LogP contribution in [0.1, 0.15) is 18.9 Å². The third-order valence-electron chi connectivity index (χ3n) is 2.57. The van der Waals surface area contributed by atoms with Crippen LogP contribution in [0.5, 0.6) is 5.75 Å². The van der Waals surface area contributed by atoms with Crippen LogP contribution < -0.4 is 0 Å². The average Bonchev–Trinajstić information content (AvgIpc) is 2.33. The predicted octanol–water partition coefficient (Wildman–Crippen LogP) is 3.53. The summed E-state index contributed by atoms with van der Waals surface area (Å²) in [6, 6.07) is 7.38. The van der Waals surface area contributed by atoms with Crippen molar-refractivity contribution in [3.05, 3.63) is 47.7 Å². The first-order chi connectivity index (χ1) is 7.81. The number of hydrogen-bond donors (Lipinski definition) is 1. The Balaban J connectivity index is 2.33. The highest BCUT2D eigenvalue weighted by Gasteiger charge is 2.11. The Morgan fingerprint density at radius 2 is 2.19 bits per heavy atom. The van der Waals surface area contributed by atoms with Crippen LogP contribution >= 0.6 is 0 Å². The van der Waals surface area contributed by atoms with Gasteiger partial charge in [-0.15, -0.1) is 0 Å². The summed E-state index contributed by atoms with van der Waals surface area (Å²) in [5, 5.41) is 17.7. The Bertz CT molecular complexity index is 461. The maximum Gasteiger partial charge on any atom is 0.122 e. The highest BCUT2D eigenvalue weighted by atomic mass is 16.3. The van der Waals surface area contributed by atoms with Crippen molar-refractivity contribution in [2.45, 2.75) is 19.4 Å². The first-order valence-corrected chi connectivity index (χ1v) is 5.37. The summed E-state index contributed by atoms with van der Waals surface area (Å²) in [4.78, 5) is 0. The third-order valence-corrected chi connectivity index (χ3v) is 2.57. The van der Waals surface area contributed by atoms with E-state index in [2.05, 4.69) is 17.2 Å². The van der Waals surface area contributed by atoms with Gasteiger partial charge >= 0.3 is 0 Å². The summed E-state index contributed by atoms with van der Waals surface area (Å²) >= 11 is 0. The van der Waals surface area contributed by atoms with E-state index < -0.39 is 0 Å². The molecule has 3 nitrogen and oxygen atoms in total. The molecule has 2 rings (SSSR count). The van der Waals surface area contributed by atoms with Crippen molar-refractivity contribution in [3.63, 3.8) is 0 Å². The lowest BCUT2D eigenvalue weighted by Crippen LogP contribution is -2.06. The molecule has 1 aromatic carbocycles. The molecule has 1 aliphatic rings. The highest BCUT2D eigenvalue weighted by Crippen LogP contribution is 2.24. The van der Waals surface area contributed by atoms with E-state index in [1.807, 2.05) is 30.4 Å². The van der Waals surface area contributed by atoms with Gasteiger partial charge in [-0.1, -0.05) is 25.1 Å². The zero-order chi connectivity index (χ0) is 11.4. The zero-order valence-electron chi connectivity index (χ0n) is 9.17. The molecule has 0 spiro atoms. The van der Waals surface area contributed by atoms with E-state index in [4.69, 9.17) is 0 Å². The molecular weight excluding hydrogens is 200 g/mol. The Hall–Kier alpha value is -1.90. The molecule has 1 heterocycles. The van der Waals surface area contributed by atoms with Gasteiger partial charge in [0.15, 0.2) is 0 Å². The number of aromatic hydroxyl groups is 1. The van der Waals surface area contributed by atoms with Crippen LogP contribution in [0.3, 0.4) is 0 Å². The first-order valence-electron chi connectivity index (χ1n) is 5.37. The molecule has 0 saturated carbocycles. The minimum absolute atomic E-state index is 0.101. The summed E-state index contributed by atoms with van der Waals surface area (Å²) < 4.78 is 0. The van der Waals surface area contributed by atoms with Gasteiger partial charge < -0.3 is 5.11 Å². The van der Waals surface area contributed by atoms with Gasteiger partial charge in [-0.2, -0.15) is 10.2 Å². The van der Waals surface area contributed by atoms with Gasteiger partial charge in [0, 0.05) is 11.8 Å². The summed E-state index contributed by atoms with van der Waals surface area (Å²) in [7, 11) is 0. The number of hydrogen-bond acceptors (Lipinski definition) is 3. The molecule has 0 fully saturated rings. The highest BCUT2D eigenvalue weighted by molar-refractivity contribution is 5.62. The normalized spacial score (nSPS) is 21.6. The van der Waals surface area contributed by atoms with Crippen molar-refractivity contribution in [3.8, 4) is 5.75 Å². The molecule has 1 aromatic rings. The molecule has 1 N–H and O–H groups in total. The van der Waals surface area contributed by atoms with E-state index in [0.29, 0.717) is 5.75 Å². The average molecular weight is 214 g/mol. The minimum atomic E-state index is 0.101. The van der Waals surface area contributed by atoms with Gasteiger partial charge in [0.05, 0.1) is 6.04 Å². The molecule has 1 aliphatic heterocycles. The lowest BCUT2D eigenvalue weighted by atomic mass is 10.0. The lowest BCUT2D eigenvalue weighted by Gasteiger charge is -2.13. The number of phenols is 1. The molecule has 0 bridgehead atoms. The Morgan fingerprint density at radius 1 is 1.38 bits per heavy atom. The van der Waals surface area contributed by atoms with E-state index >= 15 is 0 Å². The van der Waals surface area contributed by atoms with Crippen molar-refractivity contribution in [2.24, 2.45) is 10.2 Å². The number of phenolic OH excluding ortho intramolecular Hbond substituents is 1. The molecule has 3 heteroatoms. The SMILES string of the molecule is CCC1N=NC=CC1=Cc1ccccc1O. The van der Waals surface area contributed by atoms with Crippen molar-refractivity contribution in [1.82, 2.24) is 0 Å². The number of benzene rings is 1. The molecule has 0 radical (unpaired) electrons. The van der Waals surface area contributed by atoms with Gasteiger partial charge in [-0.05, 0) is 30.2 Å². The second-order valence-corrected chi connectivity index (χ2v) is 3.67. The second kappa shape index (κ2) is 4.75. The van der Waals surface area contributed by atoms with Crippen LogP contribution in [0.2, 0.25) is 0 Å². The number of para-hydroxylation sites is 1. The number of rotatable bonds is 2. The molecule has 0 amide bonds. The van der Waals surface area contributed by atoms with Gasteiger partial charge in [-0.3, -0.25) is 0 Å². The number of nitrogens with zero attached hydrogens (tertiary/aromatic N) is 2. The smallest absolute Gasteiger partial charge is 0.122 e. The molecular formula is C13H14N2O. The first kappa shape index (κ1) is 10.6. The maximum absolute atomic E-state index is 9.68. The largest absolute Gasteiger partial charge is 0.507 e. The van der Waals surface area contributed by atoms with Crippen molar-refractivity contribution in [2.75, 3.05) is 0 Å². The van der Waals surface area contributed by atoms with E-state index in [9.17, 15) is 5.11 Å². The predicted molar refractivity (Wildman–Crippen MR) is 64.2 cm³/mol. The fourth-order valence-corrected chi connectivity index (χ4v) is 1.67. The molecule has 0 saturated heterocycles. The topological polar surface area (TPSA) is 45.0 Å². The summed E-state index contributed by atoms with van der Waals surface area (Å²) in [6.07, 6.45) is 6.48. The zero-order valence-corrected chi connectivity index (χ0v) is 9.17. The standard InChI is InChI=1S/C13H14N2O/c1-2-12-10(7-8-14-15-12)9-11-5-3-4-6-13(11)16/h3-9,12,16H,2H2,1H3. The third kappa shape index (κ3) is 2.19. The molecule has 0 aromatic heterocycles. The van der Waals surface area contributed by atoms with Gasteiger partial charge in [0.1, 0.15) is 5.75 Å². The van der Waals surface area contributed by atoms with Crippen LogP contribution in [0.25, 0.3) is 6.08 Å². The summed E-state index contributed by atoms with van der Waals surface area (Å²) in [5.41, 5.74) is 1.90. The monoisotopic (exact) mass is 214 g/mol. The van der Waals surface area contributed by atoms with Crippen LogP contribution in [-0.2, 0) is 0 Å². The van der Waals surface area contributed by atoms with E-state index in [-0.39, 0.29) is 6.04 Å². The lowest BCUT2D eigenvalue weighted by molar-refractivity contribution is 0.474. The van der Waals surface area contributed by atoms with E-state index in [0.717, 1.165) is 17.6 Å². The summed E-state index contributed by atoms with van der Waals surface area (Å²) in [5.74, 6) is 0.292. The summed E-state index contributed by atoms with van der Waals surface area (Å²) in [6.45, 7) is 2.07. The quantitative estimate of drug-likeness (QED) is 0.804. The van der Waals surface area contributed by atoms with Gasteiger partial charge in [0.25, 0.3) is 0 Å². The Labute approximate surface area is 94.8 Å². The number of azo groups is 1. The molecule has 0 aliphatic carbocycles. The Kier molecular flexibility index (Phi) is 3.15. The van der Waals surface area contributed by atoms with Crippen LogP contribution in [0.4, 0.5) is 0 Å². The van der Waals surface area contributed by atoms with Crippen LogP contribution in [0.15, 0.2) is 52.3 Å². The van der Waals surface area contributed by atoms with Crippen LogP contribution in [-0.4, -0.2) is 11.1 Å². The second-order valence-electron chi connectivity index (χ2n) is 3.67. The minimum Gasteiger partial charge on any atom is -0.507 e. The fraction of sp³-hybridized carbons (Fsp3) is 0.231. The fourth-order valence-electron chi connectivity index (χ4n) is 1.67. The van der Waals surface area contributed by atoms with Crippen molar-refractivity contribution in [1.29, 1.82) is 0 Å². The Morgan fingerprint density at radius 3 is 2.94 bits per heavy atom. The maximum atomic E-state index is 9.68. The molecule has 82 valence electrons. The molecule has 16 heavy (non-hydrogen) atoms. The molecule has 1 atom stereocenters. The van der Waals surface area contributed by atoms with E-state index in [1.165, 1.54) is 0 Å². The van der Waals surface area contributed by atoms with Crippen LogP contribution in [0, 0.1) is 0 Å². The van der Waals surface area contributed by atoms with Crippen molar-refractivity contribution < 1.29 is 5.11 Å².